The average molecular weight is 343 g/mol. The van der Waals surface area contributed by atoms with Gasteiger partial charge in [0.1, 0.15) is 10.7 Å². The van der Waals surface area contributed by atoms with Crippen LogP contribution in [0.3, 0.4) is 0 Å². The van der Waals surface area contributed by atoms with E-state index in [9.17, 15) is 17.2 Å². The highest BCUT2D eigenvalue weighted by Gasteiger charge is 2.15. The van der Waals surface area contributed by atoms with E-state index in [2.05, 4.69) is 15.0 Å². The lowest BCUT2D eigenvalue weighted by molar-refractivity contribution is 0.210. The predicted molar refractivity (Wildman–Crippen MR) is 81.8 cm³/mol. The number of sulfonamides is 1. The van der Waals surface area contributed by atoms with Gasteiger partial charge in [0.05, 0.1) is 12.3 Å². The van der Waals surface area contributed by atoms with Gasteiger partial charge in [0, 0.05) is 25.9 Å². The van der Waals surface area contributed by atoms with Crippen LogP contribution >= 0.6 is 0 Å². The molecule has 1 heterocycles. The van der Waals surface area contributed by atoms with E-state index in [4.69, 9.17) is 4.74 Å². The van der Waals surface area contributed by atoms with Crippen molar-refractivity contribution >= 4 is 21.5 Å². The topological polar surface area (TPSA) is 80.3 Å². The van der Waals surface area contributed by atoms with Crippen LogP contribution < -0.4 is 10.0 Å². The van der Waals surface area contributed by atoms with E-state index in [0.717, 1.165) is 24.4 Å². The molecular formula is C14H15F2N3O3S. The zero-order valence-corrected chi connectivity index (χ0v) is 13.0. The lowest BCUT2D eigenvalue weighted by Crippen LogP contribution is -2.14. The van der Waals surface area contributed by atoms with Gasteiger partial charge in [-0.3, -0.25) is 4.72 Å². The number of anilines is 2. The van der Waals surface area contributed by atoms with E-state index in [0.29, 0.717) is 19.0 Å². The van der Waals surface area contributed by atoms with Crippen molar-refractivity contribution in [3.05, 3.63) is 48.2 Å². The molecule has 0 amide bonds. The highest BCUT2D eigenvalue weighted by molar-refractivity contribution is 7.92. The van der Waals surface area contributed by atoms with Crippen LogP contribution in [0, 0.1) is 11.6 Å². The van der Waals surface area contributed by atoms with Crippen LogP contribution in [0.2, 0.25) is 0 Å². The first-order valence-corrected chi connectivity index (χ1v) is 8.07. The third-order valence-corrected chi connectivity index (χ3v) is 4.20. The average Bonchev–Trinajstić information content (AvgIpc) is 2.51. The third kappa shape index (κ3) is 4.60. The summed E-state index contributed by atoms with van der Waals surface area (Å²) in [5.41, 5.74) is -0.0776. The maximum Gasteiger partial charge on any atom is 0.263 e. The van der Waals surface area contributed by atoms with Gasteiger partial charge in [0.15, 0.2) is 11.6 Å². The molecule has 9 heteroatoms. The van der Waals surface area contributed by atoms with Crippen molar-refractivity contribution in [2.75, 3.05) is 30.3 Å². The molecule has 0 saturated heterocycles. The number of ether oxygens (including phenoxy) is 1. The second-order valence-electron chi connectivity index (χ2n) is 4.53. The zero-order chi connectivity index (χ0) is 16.9. The van der Waals surface area contributed by atoms with Gasteiger partial charge in [0.2, 0.25) is 0 Å². The Hall–Kier alpha value is -2.26. The van der Waals surface area contributed by atoms with Gasteiger partial charge in [-0.05, 0) is 24.3 Å². The van der Waals surface area contributed by atoms with Crippen molar-refractivity contribution in [1.29, 1.82) is 0 Å². The predicted octanol–water partition coefficient (Wildman–Crippen LogP) is 2.22. The molecule has 0 bridgehead atoms. The molecule has 0 aliphatic rings. The number of pyridine rings is 1. The Morgan fingerprint density at radius 1 is 1.17 bits per heavy atom. The lowest BCUT2D eigenvalue weighted by Gasteiger charge is -2.09. The number of aromatic nitrogens is 1. The van der Waals surface area contributed by atoms with E-state index < -0.39 is 21.7 Å². The van der Waals surface area contributed by atoms with Crippen molar-refractivity contribution in [3.63, 3.8) is 0 Å². The first kappa shape index (κ1) is 17.1. The lowest BCUT2D eigenvalue weighted by atomic mass is 10.3. The molecular weight excluding hydrogens is 328 g/mol. The molecule has 124 valence electrons. The third-order valence-electron chi connectivity index (χ3n) is 2.83. The van der Waals surface area contributed by atoms with Gasteiger partial charge in [-0.2, -0.15) is 0 Å². The van der Waals surface area contributed by atoms with Crippen LogP contribution in [0.1, 0.15) is 0 Å². The molecule has 2 rings (SSSR count). The molecule has 0 radical (unpaired) electrons. The minimum atomic E-state index is -3.94. The number of methoxy groups -OCH3 is 1. The quantitative estimate of drug-likeness (QED) is 0.754. The maximum atomic E-state index is 13.1. The summed E-state index contributed by atoms with van der Waals surface area (Å²) in [6.07, 6.45) is 1.16. The summed E-state index contributed by atoms with van der Waals surface area (Å²) in [5, 5.41) is 2.95. The Bertz CT molecular complexity index is 767. The Kier molecular flexibility index (Phi) is 5.45. The minimum absolute atomic E-state index is 0.0776. The Morgan fingerprint density at radius 3 is 2.57 bits per heavy atom. The highest BCUT2D eigenvalue weighted by Crippen LogP contribution is 2.18. The first-order valence-electron chi connectivity index (χ1n) is 6.59. The number of hydrogen-bond donors (Lipinski definition) is 2. The van der Waals surface area contributed by atoms with Gasteiger partial charge < -0.3 is 10.1 Å². The van der Waals surface area contributed by atoms with Crippen molar-refractivity contribution < 1.29 is 21.9 Å². The summed E-state index contributed by atoms with van der Waals surface area (Å²) in [7, 11) is -2.37. The largest absolute Gasteiger partial charge is 0.383 e. The van der Waals surface area contributed by atoms with Gasteiger partial charge in [-0.15, -0.1) is 0 Å². The Balaban J connectivity index is 2.11. The van der Waals surface area contributed by atoms with Gasteiger partial charge >= 0.3 is 0 Å². The van der Waals surface area contributed by atoms with E-state index in [1.54, 1.807) is 7.11 Å². The normalized spacial score (nSPS) is 11.3. The second kappa shape index (κ2) is 7.34. The summed E-state index contributed by atoms with van der Waals surface area (Å²) >= 11 is 0. The smallest absolute Gasteiger partial charge is 0.263 e. The van der Waals surface area contributed by atoms with E-state index in [1.165, 1.54) is 12.1 Å². The molecule has 0 aliphatic carbocycles. The summed E-state index contributed by atoms with van der Waals surface area (Å²) < 4.78 is 57.3. The number of nitrogens with zero attached hydrogens (tertiary/aromatic N) is 1. The molecule has 0 aliphatic heterocycles. The van der Waals surface area contributed by atoms with Crippen LogP contribution in [0.25, 0.3) is 0 Å². The van der Waals surface area contributed by atoms with Crippen LogP contribution in [0.15, 0.2) is 41.4 Å². The van der Waals surface area contributed by atoms with Gasteiger partial charge in [-0.25, -0.2) is 22.2 Å². The Morgan fingerprint density at radius 2 is 1.96 bits per heavy atom. The number of rotatable bonds is 7. The first-order chi connectivity index (χ1) is 10.9. The number of benzene rings is 1. The van der Waals surface area contributed by atoms with Gasteiger partial charge in [0.25, 0.3) is 10.0 Å². The molecule has 6 nitrogen and oxygen atoms in total. The van der Waals surface area contributed by atoms with Crippen LogP contribution in [-0.2, 0) is 14.8 Å². The molecule has 1 aromatic heterocycles. The zero-order valence-electron chi connectivity index (χ0n) is 12.2. The number of halogens is 2. The molecule has 0 saturated carbocycles. The standard InChI is InChI=1S/C14H15F2N3O3S/c1-22-7-6-17-14-5-3-11(9-18-14)23(20,21)19-10-2-4-12(15)13(16)8-10/h2-5,8-9,19H,6-7H2,1H3,(H,17,18). The molecule has 2 aromatic rings. The summed E-state index contributed by atoms with van der Waals surface area (Å²) in [6, 6.07) is 5.58. The van der Waals surface area contributed by atoms with E-state index in [1.807, 2.05) is 0 Å². The second-order valence-corrected chi connectivity index (χ2v) is 6.22. The summed E-state index contributed by atoms with van der Waals surface area (Å²) in [6.45, 7) is 1.02. The summed E-state index contributed by atoms with van der Waals surface area (Å²) in [4.78, 5) is 3.87. The number of nitrogens with one attached hydrogen (secondary N) is 2. The monoisotopic (exact) mass is 343 g/mol. The fraction of sp³-hybridized carbons (Fsp3) is 0.214. The van der Waals surface area contributed by atoms with Crippen molar-refractivity contribution in [1.82, 2.24) is 4.98 Å². The molecule has 0 fully saturated rings. The molecule has 1 aromatic carbocycles. The number of hydrogen-bond acceptors (Lipinski definition) is 5. The fourth-order valence-corrected chi connectivity index (χ4v) is 2.69. The fourth-order valence-electron chi connectivity index (χ4n) is 1.70. The molecule has 23 heavy (non-hydrogen) atoms. The van der Waals surface area contributed by atoms with Crippen LogP contribution in [-0.4, -0.2) is 33.7 Å². The molecule has 2 N–H and O–H groups in total. The Labute approximate surface area is 132 Å². The van der Waals surface area contributed by atoms with Crippen molar-refractivity contribution in [2.24, 2.45) is 0 Å². The molecule has 0 spiro atoms. The van der Waals surface area contributed by atoms with E-state index >= 15 is 0 Å². The summed E-state index contributed by atoms with van der Waals surface area (Å²) in [5.74, 6) is -1.70. The van der Waals surface area contributed by atoms with Crippen molar-refractivity contribution in [3.8, 4) is 0 Å². The molecule has 0 unspecified atom stereocenters. The maximum absolute atomic E-state index is 13.1. The minimum Gasteiger partial charge on any atom is -0.383 e. The van der Waals surface area contributed by atoms with Gasteiger partial charge in [-0.1, -0.05) is 0 Å². The van der Waals surface area contributed by atoms with Crippen molar-refractivity contribution in [2.45, 2.75) is 4.90 Å². The highest BCUT2D eigenvalue weighted by atomic mass is 32.2. The van der Waals surface area contributed by atoms with Crippen LogP contribution in [0.5, 0.6) is 0 Å². The van der Waals surface area contributed by atoms with E-state index in [-0.39, 0.29) is 10.6 Å². The molecule has 0 atom stereocenters. The van der Waals surface area contributed by atoms with Crippen LogP contribution in [0.4, 0.5) is 20.3 Å². The SMILES string of the molecule is COCCNc1ccc(S(=O)(=O)Nc2ccc(F)c(F)c2)cn1.